The van der Waals surface area contributed by atoms with Crippen molar-refractivity contribution in [2.75, 3.05) is 29.5 Å². The summed E-state index contributed by atoms with van der Waals surface area (Å²) < 4.78 is 5.77. The van der Waals surface area contributed by atoms with Gasteiger partial charge in [0.2, 0.25) is 23.0 Å². The van der Waals surface area contributed by atoms with Crippen LogP contribution < -0.4 is 15.6 Å². The minimum absolute atomic E-state index is 0.140. The second-order valence-electron chi connectivity index (χ2n) is 5.42. The SMILES string of the molecule is CC(=O)NCc1ccc2oc(N3CCSCC3)c(O)c(=O)c2c1. The van der Waals surface area contributed by atoms with Crippen LogP contribution in [0.25, 0.3) is 11.0 Å². The van der Waals surface area contributed by atoms with Crippen molar-refractivity contribution in [2.24, 2.45) is 0 Å². The van der Waals surface area contributed by atoms with Crippen LogP contribution in [0.4, 0.5) is 5.88 Å². The first-order chi connectivity index (χ1) is 11.1. The number of amides is 1. The van der Waals surface area contributed by atoms with E-state index in [1.807, 2.05) is 16.7 Å². The first-order valence-corrected chi connectivity index (χ1v) is 8.57. The third-order valence-corrected chi connectivity index (χ3v) is 4.70. The fourth-order valence-electron chi connectivity index (χ4n) is 2.54. The molecule has 0 unspecified atom stereocenters. The van der Waals surface area contributed by atoms with E-state index in [0.717, 1.165) is 30.2 Å². The molecule has 2 heterocycles. The zero-order chi connectivity index (χ0) is 16.4. The highest BCUT2D eigenvalue weighted by Gasteiger charge is 2.21. The van der Waals surface area contributed by atoms with Gasteiger partial charge in [0.15, 0.2) is 0 Å². The molecule has 0 radical (unpaired) electrons. The van der Waals surface area contributed by atoms with Crippen molar-refractivity contribution in [1.82, 2.24) is 5.32 Å². The van der Waals surface area contributed by atoms with E-state index in [2.05, 4.69) is 5.32 Å². The molecule has 0 aliphatic carbocycles. The number of carbonyl (C=O) groups is 1. The predicted octanol–water partition coefficient (Wildman–Crippen LogP) is 1.69. The van der Waals surface area contributed by atoms with Crippen molar-refractivity contribution in [3.05, 3.63) is 34.0 Å². The molecular weight excluding hydrogens is 316 g/mol. The van der Waals surface area contributed by atoms with Crippen molar-refractivity contribution >= 4 is 34.5 Å². The van der Waals surface area contributed by atoms with Gasteiger partial charge in [-0.1, -0.05) is 6.07 Å². The van der Waals surface area contributed by atoms with Crippen molar-refractivity contribution in [1.29, 1.82) is 0 Å². The number of anilines is 1. The van der Waals surface area contributed by atoms with Gasteiger partial charge in [-0.2, -0.15) is 11.8 Å². The average Bonchev–Trinajstić information content (AvgIpc) is 2.57. The molecule has 1 aromatic carbocycles. The summed E-state index contributed by atoms with van der Waals surface area (Å²) in [4.78, 5) is 25.3. The number of aromatic hydroxyl groups is 1. The van der Waals surface area contributed by atoms with Gasteiger partial charge in [-0.3, -0.25) is 9.59 Å². The Labute approximate surface area is 137 Å². The van der Waals surface area contributed by atoms with Crippen LogP contribution in [0.2, 0.25) is 0 Å². The summed E-state index contributed by atoms with van der Waals surface area (Å²) in [5, 5.41) is 13.2. The maximum Gasteiger partial charge on any atom is 0.242 e. The average molecular weight is 334 g/mol. The van der Waals surface area contributed by atoms with Gasteiger partial charge in [-0.25, -0.2) is 0 Å². The Hall–Kier alpha value is -2.15. The largest absolute Gasteiger partial charge is 0.500 e. The van der Waals surface area contributed by atoms with Gasteiger partial charge in [0.1, 0.15) is 5.58 Å². The zero-order valence-electron chi connectivity index (χ0n) is 12.8. The quantitative estimate of drug-likeness (QED) is 0.889. The lowest BCUT2D eigenvalue weighted by Crippen LogP contribution is -2.33. The molecule has 0 bridgehead atoms. The van der Waals surface area contributed by atoms with Crippen LogP contribution in [0.15, 0.2) is 27.4 Å². The number of rotatable bonds is 3. The summed E-state index contributed by atoms with van der Waals surface area (Å²) in [5.74, 6) is 1.64. The van der Waals surface area contributed by atoms with Gasteiger partial charge in [0, 0.05) is 38.1 Å². The summed E-state index contributed by atoms with van der Waals surface area (Å²) >= 11 is 1.84. The first kappa shape index (κ1) is 15.7. The monoisotopic (exact) mass is 334 g/mol. The van der Waals surface area contributed by atoms with Crippen LogP contribution in [-0.4, -0.2) is 35.6 Å². The Morgan fingerprint density at radius 1 is 1.39 bits per heavy atom. The van der Waals surface area contributed by atoms with Gasteiger partial charge in [0.25, 0.3) is 0 Å². The van der Waals surface area contributed by atoms with Crippen LogP contribution in [-0.2, 0) is 11.3 Å². The van der Waals surface area contributed by atoms with Gasteiger partial charge >= 0.3 is 0 Å². The number of nitrogens with one attached hydrogen (secondary N) is 1. The Kier molecular flexibility index (Phi) is 4.47. The smallest absolute Gasteiger partial charge is 0.242 e. The van der Waals surface area contributed by atoms with Crippen molar-refractivity contribution < 1.29 is 14.3 Å². The van der Waals surface area contributed by atoms with E-state index in [1.165, 1.54) is 6.92 Å². The topological polar surface area (TPSA) is 82.8 Å². The number of fused-ring (bicyclic) bond motifs is 1. The Morgan fingerprint density at radius 3 is 2.83 bits per heavy atom. The second kappa shape index (κ2) is 6.54. The third kappa shape index (κ3) is 3.29. The van der Waals surface area contributed by atoms with Crippen LogP contribution in [0.5, 0.6) is 5.75 Å². The minimum Gasteiger partial charge on any atom is -0.500 e. The molecule has 1 aliphatic heterocycles. The van der Waals surface area contributed by atoms with E-state index < -0.39 is 5.43 Å². The molecule has 1 aromatic heterocycles. The van der Waals surface area contributed by atoms with Crippen LogP contribution in [0.3, 0.4) is 0 Å². The highest BCUT2D eigenvalue weighted by Crippen LogP contribution is 2.30. The van der Waals surface area contributed by atoms with Crippen molar-refractivity contribution in [3.63, 3.8) is 0 Å². The molecule has 1 aliphatic rings. The van der Waals surface area contributed by atoms with E-state index in [9.17, 15) is 14.7 Å². The number of carbonyl (C=O) groups excluding carboxylic acids is 1. The molecule has 1 amide bonds. The van der Waals surface area contributed by atoms with Gasteiger partial charge in [0.05, 0.1) is 5.39 Å². The number of nitrogens with zero attached hydrogens (tertiary/aromatic N) is 1. The molecule has 0 atom stereocenters. The van der Waals surface area contributed by atoms with Gasteiger partial charge in [-0.05, 0) is 17.7 Å². The molecule has 23 heavy (non-hydrogen) atoms. The molecule has 3 rings (SSSR count). The molecule has 122 valence electrons. The number of hydrogen-bond acceptors (Lipinski definition) is 6. The Morgan fingerprint density at radius 2 is 2.13 bits per heavy atom. The number of benzene rings is 1. The zero-order valence-corrected chi connectivity index (χ0v) is 13.6. The lowest BCUT2D eigenvalue weighted by Gasteiger charge is -2.27. The molecule has 2 aromatic rings. The van der Waals surface area contributed by atoms with Crippen LogP contribution in [0, 0.1) is 0 Å². The highest BCUT2D eigenvalue weighted by atomic mass is 32.2. The minimum atomic E-state index is -0.441. The summed E-state index contributed by atoms with van der Waals surface area (Å²) in [6.07, 6.45) is 0. The molecule has 6 nitrogen and oxygen atoms in total. The van der Waals surface area contributed by atoms with Crippen LogP contribution in [0.1, 0.15) is 12.5 Å². The maximum atomic E-state index is 12.5. The summed E-state index contributed by atoms with van der Waals surface area (Å²) in [7, 11) is 0. The summed E-state index contributed by atoms with van der Waals surface area (Å²) in [5.41, 5.74) is 0.776. The Bertz CT molecular complexity index is 797. The van der Waals surface area contributed by atoms with Crippen LogP contribution >= 0.6 is 11.8 Å². The standard InChI is InChI=1S/C16H18N2O4S/c1-10(19)17-9-11-2-3-13-12(8-11)14(20)15(21)16(22-13)18-4-6-23-7-5-18/h2-3,8,21H,4-7,9H2,1H3,(H,17,19). The van der Waals surface area contributed by atoms with Crippen molar-refractivity contribution in [3.8, 4) is 5.75 Å². The second-order valence-corrected chi connectivity index (χ2v) is 6.65. The van der Waals surface area contributed by atoms with Crippen molar-refractivity contribution in [2.45, 2.75) is 13.5 Å². The third-order valence-electron chi connectivity index (χ3n) is 3.75. The van der Waals surface area contributed by atoms with E-state index in [0.29, 0.717) is 17.5 Å². The number of hydrogen-bond donors (Lipinski definition) is 2. The molecule has 7 heteroatoms. The maximum absolute atomic E-state index is 12.5. The molecular formula is C16H18N2O4S. The number of thioether (sulfide) groups is 1. The molecule has 1 saturated heterocycles. The first-order valence-electron chi connectivity index (χ1n) is 7.42. The summed E-state index contributed by atoms with van der Waals surface area (Å²) in [6.45, 7) is 3.25. The molecule has 0 spiro atoms. The van der Waals surface area contributed by atoms with E-state index in [4.69, 9.17) is 4.42 Å². The van der Waals surface area contributed by atoms with E-state index in [-0.39, 0.29) is 17.5 Å². The van der Waals surface area contributed by atoms with Gasteiger partial charge in [-0.15, -0.1) is 0 Å². The molecule has 1 fully saturated rings. The lowest BCUT2D eigenvalue weighted by atomic mass is 10.1. The Balaban J connectivity index is 2.00. The fraction of sp³-hybridized carbons (Fsp3) is 0.375. The molecule has 0 saturated carbocycles. The van der Waals surface area contributed by atoms with E-state index in [1.54, 1.807) is 18.2 Å². The van der Waals surface area contributed by atoms with Gasteiger partial charge < -0.3 is 19.7 Å². The normalized spacial score (nSPS) is 14.9. The highest BCUT2D eigenvalue weighted by molar-refractivity contribution is 7.99. The predicted molar refractivity (Wildman–Crippen MR) is 91.2 cm³/mol. The van der Waals surface area contributed by atoms with E-state index >= 15 is 0 Å². The molecule has 2 N–H and O–H groups in total. The lowest BCUT2D eigenvalue weighted by molar-refractivity contribution is -0.119. The fourth-order valence-corrected chi connectivity index (χ4v) is 3.44. The summed E-state index contributed by atoms with van der Waals surface area (Å²) in [6, 6.07) is 5.15.